The van der Waals surface area contributed by atoms with Gasteiger partial charge >= 0.3 is 12.1 Å². The quantitative estimate of drug-likeness (QED) is 0.312. The van der Waals surface area contributed by atoms with E-state index >= 15 is 0 Å². The first kappa shape index (κ1) is 22.9. The minimum absolute atomic E-state index is 0.0730. The standard InChI is InChI=1S/C21H26N2O7/c1-6-13-29-19(26)16-18(25)23(12-11-22(16)20(27)30-21(2,3)4)17(24)14-7-9-15(28-5)10-8-14/h6-10,16H,1,11-13H2,2-5H3. The van der Waals surface area contributed by atoms with E-state index in [1.165, 1.54) is 25.3 Å². The van der Waals surface area contributed by atoms with Crippen LogP contribution >= 0.6 is 0 Å². The van der Waals surface area contributed by atoms with E-state index in [0.717, 1.165) is 9.80 Å². The predicted octanol–water partition coefficient (Wildman–Crippen LogP) is 2.01. The van der Waals surface area contributed by atoms with Gasteiger partial charge in [-0.25, -0.2) is 9.59 Å². The van der Waals surface area contributed by atoms with E-state index in [9.17, 15) is 19.2 Å². The molecule has 0 aromatic heterocycles. The fourth-order valence-electron chi connectivity index (χ4n) is 2.78. The number of hydrogen-bond donors (Lipinski definition) is 0. The van der Waals surface area contributed by atoms with Crippen LogP contribution in [0, 0.1) is 0 Å². The second kappa shape index (κ2) is 9.43. The second-order valence-corrected chi connectivity index (χ2v) is 7.52. The highest BCUT2D eigenvalue weighted by molar-refractivity contribution is 6.13. The number of carbonyl (C=O) groups excluding carboxylic acids is 4. The maximum atomic E-state index is 13.1. The fraction of sp³-hybridized carbons (Fsp3) is 0.429. The monoisotopic (exact) mass is 418 g/mol. The summed E-state index contributed by atoms with van der Waals surface area (Å²) in [7, 11) is 1.50. The Morgan fingerprint density at radius 3 is 2.33 bits per heavy atom. The summed E-state index contributed by atoms with van der Waals surface area (Å²) in [6.45, 7) is 8.15. The number of imide groups is 1. The van der Waals surface area contributed by atoms with Crippen LogP contribution in [0.3, 0.4) is 0 Å². The van der Waals surface area contributed by atoms with Crippen LogP contribution in [0.5, 0.6) is 5.75 Å². The number of hydrogen-bond acceptors (Lipinski definition) is 7. The fourth-order valence-corrected chi connectivity index (χ4v) is 2.78. The minimum atomic E-state index is -1.63. The number of ether oxygens (including phenoxy) is 3. The Morgan fingerprint density at radius 2 is 1.80 bits per heavy atom. The molecule has 1 aromatic rings. The topological polar surface area (TPSA) is 102 Å². The average molecular weight is 418 g/mol. The molecule has 0 bridgehead atoms. The van der Waals surface area contributed by atoms with Crippen LogP contribution in [0.1, 0.15) is 31.1 Å². The van der Waals surface area contributed by atoms with Crippen LogP contribution in [0.2, 0.25) is 0 Å². The van der Waals surface area contributed by atoms with Crippen molar-refractivity contribution in [1.29, 1.82) is 0 Å². The van der Waals surface area contributed by atoms with Gasteiger partial charge in [0.25, 0.3) is 11.8 Å². The highest BCUT2D eigenvalue weighted by Gasteiger charge is 2.46. The molecule has 162 valence electrons. The number of amides is 3. The van der Waals surface area contributed by atoms with Gasteiger partial charge in [-0.15, -0.1) is 0 Å². The summed E-state index contributed by atoms with van der Waals surface area (Å²) >= 11 is 0. The molecule has 0 radical (unpaired) electrons. The third-order valence-corrected chi connectivity index (χ3v) is 4.15. The maximum absolute atomic E-state index is 13.1. The highest BCUT2D eigenvalue weighted by Crippen LogP contribution is 2.21. The Labute approximate surface area is 175 Å². The first-order chi connectivity index (χ1) is 14.1. The Morgan fingerprint density at radius 1 is 1.17 bits per heavy atom. The highest BCUT2D eigenvalue weighted by atomic mass is 16.6. The molecule has 1 atom stereocenters. The lowest BCUT2D eigenvalue weighted by molar-refractivity contribution is -0.158. The molecule has 2 rings (SSSR count). The van der Waals surface area contributed by atoms with Crippen molar-refractivity contribution in [3.63, 3.8) is 0 Å². The van der Waals surface area contributed by atoms with Gasteiger partial charge in [0.2, 0.25) is 6.04 Å². The number of rotatable bonds is 5. The van der Waals surface area contributed by atoms with Crippen molar-refractivity contribution in [2.75, 3.05) is 26.8 Å². The molecule has 3 amide bonds. The molecular weight excluding hydrogens is 392 g/mol. The number of benzene rings is 1. The van der Waals surface area contributed by atoms with Crippen LogP contribution < -0.4 is 4.74 Å². The zero-order valence-electron chi connectivity index (χ0n) is 17.5. The molecule has 1 heterocycles. The lowest BCUT2D eigenvalue weighted by atomic mass is 10.1. The van der Waals surface area contributed by atoms with E-state index in [1.54, 1.807) is 32.9 Å². The van der Waals surface area contributed by atoms with E-state index < -0.39 is 35.5 Å². The molecule has 30 heavy (non-hydrogen) atoms. The third kappa shape index (κ3) is 5.37. The lowest BCUT2D eigenvalue weighted by Crippen LogP contribution is -2.63. The molecule has 1 unspecified atom stereocenters. The first-order valence-electron chi connectivity index (χ1n) is 9.36. The van der Waals surface area contributed by atoms with Crippen LogP contribution in [-0.4, -0.2) is 72.1 Å². The number of nitrogens with zero attached hydrogens (tertiary/aromatic N) is 2. The first-order valence-corrected chi connectivity index (χ1v) is 9.36. The van der Waals surface area contributed by atoms with E-state index in [2.05, 4.69) is 6.58 Å². The van der Waals surface area contributed by atoms with Gasteiger partial charge in [0.1, 0.15) is 18.0 Å². The van der Waals surface area contributed by atoms with E-state index in [0.29, 0.717) is 5.75 Å². The Balaban J connectivity index is 2.29. The van der Waals surface area contributed by atoms with Crippen LogP contribution in [-0.2, 0) is 19.1 Å². The molecule has 0 spiro atoms. The molecule has 0 aliphatic carbocycles. The normalized spacial score (nSPS) is 16.7. The van der Waals surface area contributed by atoms with Crippen LogP contribution in [0.15, 0.2) is 36.9 Å². The van der Waals surface area contributed by atoms with E-state index in [1.807, 2.05) is 0 Å². The van der Waals surface area contributed by atoms with Crippen molar-refractivity contribution in [2.24, 2.45) is 0 Å². The number of piperazine rings is 1. The molecule has 0 saturated carbocycles. The largest absolute Gasteiger partial charge is 0.497 e. The summed E-state index contributed by atoms with van der Waals surface area (Å²) < 4.78 is 15.4. The molecule has 9 nitrogen and oxygen atoms in total. The molecule has 1 aromatic carbocycles. The molecule has 1 fully saturated rings. The van der Waals surface area contributed by atoms with Crippen LogP contribution in [0.25, 0.3) is 0 Å². The Bertz CT molecular complexity index is 827. The number of carbonyl (C=O) groups is 4. The predicted molar refractivity (Wildman–Crippen MR) is 107 cm³/mol. The summed E-state index contributed by atoms with van der Waals surface area (Å²) in [6.07, 6.45) is 0.497. The molecule has 1 aliphatic heterocycles. The smallest absolute Gasteiger partial charge is 0.411 e. The summed E-state index contributed by atoms with van der Waals surface area (Å²) in [4.78, 5) is 52.9. The molecule has 0 N–H and O–H groups in total. The van der Waals surface area contributed by atoms with Gasteiger partial charge in [-0.2, -0.15) is 0 Å². The van der Waals surface area contributed by atoms with Crippen molar-refractivity contribution >= 4 is 23.9 Å². The van der Waals surface area contributed by atoms with E-state index in [4.69, 9.17) is 14.2 Å². The molecule has 1 aliphatic rings. The van der Waals surface area contributed by atoms with Gasteiger partial charge in [-0.3, -0.25) is 19.4 Å². The SMILES string of the molecule is C=CCOC(=O)C1C(=O)N(C(=O)c2ccc(OC)cc2)CCN1C(=O)OC(C)(C)C. The van der Waals surface area contributed by atoms with E-state index in [-0.39, 0.29) is 25.3 Å². The van der Waals surface area contributed by atoms with Crippen molar-refractivity contribution in [2.45, 2.75) is 32.4 Å². The average Bonchev–Trinajstić information content (AvgIpc) is 2.70. The summed E-state index contributed by atoms with van der Waals surface area (Å²) in [5.74, 6) is -1.86. The zero-order valence-corrected chi connectivity index (χ0v) is 17.5. The van der Waals surface area contributed by atoms with Gasteiger partial charge in [0, 0.05) is 18.7 Å². The number of esters is 1. The second-order valence-electron chi connectivity index (χ2n) is 7.52. The van der Waals surface area contributed by atoms with Gasteiger partial charge in [0.05, 0.1) is 7.11 Å². The molecule has 1 saturated heterocycles. The number of methoxy groups -OCH3 is 1. The van der Waals surface area contributed by atoms with Gasteiger partial charge < -0.3 is 14.2 Å². The molecular formula is C21H26N2O7. The van der Waals surface area contributed by atoms with Crippen molar-refractivity contribution in [3.05, 3.63) is 42.5 Å². The van der Waals surface area contributed by atoms with Crippen molar-refractivity contribution < 1.29 is 33.4 Å². The molecule has 9 heteroatoms. The lowest BCUT2D eigenvalue weighted by Gasteiger charge is -2.38. The van der Waals surface area contributed by atoms with Gasteiger partial charge in [-0.1, -0.05) is 12.7 Å². The Kier molecular flexibility index (Phi) is 7.20. The minimum Gasteiger partial charge on any atom is -0.497 e. The zero-order chi connectivity index (χ0) is 22.5. The summed E-state index contributed by atoms with van der Waals surface area (Å²) in [5.41, 5.74) is -0.584. The summed E-state index contributed by atoms with van der Waals surface area (Å²) in [6, 6.07) is 4.57. The summed E-state index contributed by atoms with van der Waals surface area (Å²) in [5, 5.41) is 0. The van der Waals surface area contributed by atoms with Gasteiger partial charge in [-0.05, 0) is 45.0 Å². The third-order valence-electron chi connectivity index (χ3n) is 4.15. The maximum Gasteiger partial charge on any atom is 0.411 e. The van der Waals surface area contributed by atoms with Crippen molar-refractivity contribution in [1.82, 2.24) is 9.80 Å². The van der Waals surface area contributed by atoms with Crippen molar-refractivity contribution in [3.8, 4) is 5.75 Å². The van der Waals surface area contributed by atoms with Crippen LogP contribution in [0.4, 0.5) is 4.79 Å². The van der Waals surface area contributed by atoms with Gasteiger partial charge in [0.15, 0.2) is 0 Å². The Hall–Kier alpha value is -3.36.